The lowest BCUT2D eigenvalue weighted by atomic mass is 10.1. The highest BCUT2D eigenvalue weighted by atomic mass is 16.5. The van der Waals surface area contributed by atoms with Crippen LogP contribution in [0.3, 0.4) is 0 Å². The number of methoxy groups -OCH3 is 1. The third kappa shape index (κ3) is 3.54. The van der Waals surface area contributed by atoms with E-state index in [1.54, 1.807) is 7.11 Å². The van der Waals surface area contributed by atoms with Crippen molar-refractivity contribution in [1.29, 1.82) is 0 Å². The van der Waals surface area contributed by atoms with E-state index in [-0.39, 0.29) is 12.3 Å². The van der Waals surface area contributed by atoms with Crippen molar-refractivity contribution in [2.45, 2.75) is 20.3 Å². The van der Waals surface area contributed by atoms with Crippen molar-refractivity contribution in [1.82, 2.24) is 0 Å². The minimum Gasteiger partial charge on any atom is -0.496 e. The van der Waals surface area contributed by atoms with Crippen molar-refractivity contribution in [3.8, 4) is 5.75 Å². The lowest BCUT2D eigenvalue weighted by Crippen LogP contribution is -2.16. The number of aryl methyl sites for hydroxylation is 2. The van der Waals surface area contributed by atoms with E-state index in [9.17, 15) is 4.79 Å². The number of nitrogen functional groups attached to an aromatic ring is 1. The fourth-order valence-corrected chi connectivity index (χ4v) is 2.19. The normalized spacial score (nSPS) is 10.2. The molecule has 3 N–H and O–H groups in total. The van der Waals surface area contributed by atoms with E-state index in [1.165, 1.54) is 0 Å². The van der Waals surface area contributed by atoms with Gasteiger partial charge in [-0.15, -0.1) is 0 Å². The number of rotatable bonds is 4. The molecular weight excluding hydrogens is 264 g/mol. The Kier molecular flexibility index (Phi) is 4.48. The van der Waals surface area contributed by atoms with Crippen molar-refractivity contribution in [2.24, 2.45) is 0 Å². The van der Waals surface area contributed by atoms with Crippen molar-refractivity contribution >= 4 is 17.3 Å². The second-order valence-electron chi connectivity index (χ2n) is 5.06. The first-order valence-corrected chi connectivity index (χ1v) is 6.79. The lowest BCUT2D eigenvalue weighted by Gasteiger charge is -2.12. The zero-order valence-corrected chi connectivity index (χ0v) is 12.6. The number of anilines is 2. The molecule has 0 atom stereocenters. The van der Waals surface area contributed by atoms with Gasteiger partial charge in [0.25, 0.3) is 0 Å². The average molecular weight is 284 g/mol. The van der Waals surface area contributed by atoms with E-state index in [0.717, 1.165) is 33.8 Å². The molecule has 4 heteroatoms. The van der Waals surface area contributed by atoms with Crippen LogP contribution in [0.5, 0.6) is 5.75 Å². The van der Waals surface area contributed by atoms with Crippen molar-refractivity contribution in [3.05, 3.63) is 53.1 Å². The van der Waals surface area contributed by atoms with E-state index in [1.807, 2.05) is 50.2 Å². The summed E-state index contributed by atoms with van der Waals surface area (Å²) >= 11 is 0. The molecule has 0 aliphatic rings. The predicted octanol–water partition coefficient (Wildman–Crippen LogP) is 3.08. The van der Waals surface area contributed by atoms with Crippen LogP contribution < -0.4 is 15.8 Å². The van der Waals surface area contributed by atoms with Crippen LogP contribution in [0.1, 0.15) is 16.7 Å². The van der Waals surface area contributed by atoms with Gasteiger partial charge in [0.05, 0.1) is 13.5 Å². The monoisotopic (exact) mass is 284 g/mol. The zero-order valence-electron chi connectivity index (χ0n) is 12.6. The highest BCUT2D eigenvalue weighted by Gasteiger charge is 2.10. The van der Waals surface area contributed by atoms with Crippen LogP contribution in [0.25, 0.3) is 0 Å². The topological polar surface area (TPSA) is 64.3 Å². The number of ether oxygens (including phenoxy) is 1. The number of para-hydroxylation sites is 1. The molecule has 0 radical (unpaired) electrons. The molecule has 0 heterocycles. The molecule has 0 spiro atoms. The maximum Gasteiger partial charge on any atom is 0.228 e. The van der Waals surface area contributed by atoms with Crippen molar-refractivity contribution in [2.75, 3.05) is 18.2 Å². The molecule has 110 valence electrons. The fourth-order valence-electron chi connectivity index (χ4n) is 2.19. The van der Waals surface area contributed by atoms with Gasteiger partial charge in [-0.3, -0.25) is 4.79 Å². The summed E-state index contributed by atoms with van der Waals surface area (Å²) in [6.45, 7) is 3.85. The number of carbonyl (C=O) groups is 1. The molecule has 0 aromatic heterocycles. The van der Waals surface area contributed by atoms with Gasteiger partial charge in [-0.2, -0.15) is 0 Å². The first kappa shape index (κ1) is 14.9. The second-order valence-corrected chi connectivity index (χ2v) is 5.06. The van der Waals surface area contributed by atoms with E-state index < -0.39 is 0 Å². The van der Waals surface area contributed by atoms with Gasteiger partial charge in [-0.05, 0) is 43.2 Å². The van der Waals surface area contributed by atoms with Crippen LogP contribution in [-0.2, 0) is 11.2 Å². The molecule has 21 heavy (non-hydrogen) atoms. The molecule has 2 aromatic rings. The van der Waals surface area contributed by atoms with Crippen LogP contribution in [-0.4, -0.2) is 13.0 Å². The summed E-state index contributed by atoms with van der Waals surface area (Å²) < 4.78 is 5.26. The van der Waals surface area contributed by atoms with Gasteiger partial charge in [0, 0.05) is 16.9 Å². The third-order valence-corrected chi connectivity index (χ3v) is 3.43. The van der Waals surface area contributed by atoms with Crippen molar-refractivity contribution < 1.29 is 9.53 Å². The summed E-state index contributed by atoms with van der Waals surface area (Å²) in [6, 6.07) is 11.3. The Hall–Kier alpha value is -2.49. The van der Waals surface area contributed by atoms with Crippen LogP contribution in [0, 0.1) is 13.8 Å². The molecule has 2 rings (SSSR count). The predicted molar refractivity (Wildman–Crippen MR) is 85.7 cm³/mol. The number of nitrogens with one attached hydrogen (secondary N) is 1. The van der Waals surface area contributed by atoms with E-state index in [4.69, 9.17) is 10.5 Å². The molecule has 0 unspecified atom stereocenters. The molecule has 0 aliphatic carbocycles. The van der Waals surface area contributed by atoms with Crippen molar-refractivity contribution in [3.63, 3.8) is 0 Å². The summed E-state index contributed by atoms with van der Waals surface area (Å²) in [5.41, 5.74) is 10.1. The maximum absolute atomic E-state index is 12.2. The van der Waals surface area contributed by atoms with Crippen LogP contribution in [0.4, 0.5) is 11.4 Å². The standard InChI is InChI=1S/C17H20N2O2/c1-11-9-15(12(2)8-14(11)18)19-17(20)10-13-6-4-5-7-16(13)21-3/h4-9H,10,18H2,1-3H3,(H,19,20). The van der Waals surface area contributed by atoms with Gasteiger partial charge < -0.3 is 15.8 Å². The highest BCUT2D eigenvalue weighted by Crippen LogP contribution is 2.23. The molecule has 0 saturated carbocycles. The van der Waals surface area contributed by atoms with E-state index in [2.05, 4.69) is 5.32 Å². The average Bonchev–Trinajstić information content (AvgIpc) is 2.45. The number of amides is 1. The quantitative estimate of drug-likeness (QED) is 0.848. The fraction of sp³-hybridized carbons (Fsp3) is 0.235. The Morgan fingerprint density at radius 1 is 1.19 bits per heavy atom. The molecule has 1 amide bonds. The molecule has 0 fully saturated rings. The third-order valence-electron chi connectivity index (χ3n) is 3.43. The Bertz CT molecular complexity index is 666. The number of nitrogens with two attached hydrogens (primary N) is 1. The van der Waals surface area contributed by atoms with Gasteiger partial charge in [-0.25, -0.2) is 0 Å². The van der Waals surface area contributed by atoms with Crippen LogP contribution >= 0.6 is 0 Å². The molecular formula is C17H20N2O2. The Labute approximate surface area is 124 Å². The smallest absolute Gasteiger partial charge is 0.228 e. The number of hydrogen-bond donors (Lipinski definition) is 2. The molecule has 0 bridgehead atoms. The van der Waals surface area contributed by atoms with E-state index in [0.29, 0.717) is 0 Å². The Balaban J connectivity index is 2.14. The zero-order chi connectivity index (χ0) is 15.4. The molecule has 2 aromatic carbocycles. The second kappa shape index (κ2) is 6.31. The summed E-state index contributed by atoms with van der Waals surface area (Å²) in [7, 11) is 1.60. The minimum atomic E-state index is -0.0771. The highest BCUT2D eigenvalue weighted by molar-refractivity contribution is 5.93. The number of benzene rings is 2. The van der Waals surface area contributed by atoms with Gasteiger partial charge in [0.2, 0.25) is 5.91 Å². The minimum absolute atomic E-state index is 0.0771. The Morgan fingerprint density at radius 3 is 2.62 bits per heavy atom. The molecule has 4 nitrogen and oxygen atoms in total. The van der Waals surface area contributed by atoms with Gasteiger partial charge >= 0.3 is 0 Å². The van der Waals surface area contributed by atoms with Gasteiger partial charge in [0.15, 0.2) is 0 Å². The molecule has 0 aliphatic heterocycles. The number of carbonyl (C=O) groups excluding carboxylic acids is 1. The summed E-state index contributed by atoms with van der Waals surface area (Å²) in [4.78, 5) is 12.2. The SMILES string of the molecule is COc1ccccc1CC(=O)Nc1cc(C)c(N)cc1C. The Morgan fingerprint density at radius 2 is 1.90 bits per heavy atom. The summed E-state index contributed by atoms with van der Waals surface area (Å²) in [5.74, 6) is 0.643. The maximum atomic E-state index is 12.2. The first-order valence-electron chi connectivity index (χ1n) is 6.79. The van der Waals surface area contributed by atoms with Crippen LogP contribution in [0.2, 0.25) is 0 Å². The summed E-state index contributed by atoms with van der Waals surface area (Å²) in [6.07, 6.45) is 0.271. The number of hydrogen-bond acceptors (Lipinski definition) is 3. The van der Waals surface area contributed by atoms with Gasteiger partial charge in [-0.1, -0.05) is 18.2 Å². The molecule has 0 saturated heterocycles. The first-order chi connectivity index (χ1) is 10.0. The summed E-state index contributed by atoms with van der Waals surface area (Å²) in [5, 5.41) is 2.93. The van der Waals surface area contributed by atoms with Crippen LogP contribution in [0.15, 0.2) is 36.4 Å². The largest absolute Gasteiger partial charge is 0.496 e. The van der Waals surface area contributed by atoms with E-state index >= 15 is 0 Å². The lowest BCUT2D eigenvalue weighted by molar-refractivity contribution is -0.115. The van der Waals surface area contributed by atoms with Gasteiger partial charge in [0.1, 0.15) is 5.75 Å².